The topological polar surface area (TPSA) is 106 Å². The quantitative estimate of drug-likeness (QED) is 0.293. The molecule has 202 valence electrons. The van der Waals surface area contributed by atoms with Crippen LogP contribution >= 0.6 is 0 Å². The lowest BCUT2D eigenvalue weighted by Gasteiger charge is -2.25. The fourth-order valence-electron chi connectivity index (χ4n) is 4.59. The number of alkyl carbamates (subject to hydrolysis) is 1. The molecular weight excluding hydrogens is 494 g/mol. The summed E-state index contributed by atoms with van der Waals surface area (Å²) in [6.45, 7) is 5.57. The highest BCUT2D eigenvalue weighted by Gasteiger charge is 2.30. The monoisotopic (exact) mass is 527 g/mol. The smallest absolute Gasteiger partial charge is 0.407 e. The average Bonchev–Trinajstić information content (AvgIpc) is 3.23. The molecule has 0 aliphatic heterocycles. The van der Waals surface area contributed by atoms with Crippen molar-refractivity contribution in [1.29, 1.82) is 0 Å². The molecule has 1 aliphatic rings. The van der Waals surface area contributed by atoms with Gasteiger partial charge in [-0.15, -0.1) is 0 Å². The molecule has 4 rings (SSSR count). The fourth-order valence-corrected chi connectivity index (χ4v) is 4.59. The van der Waals surface area contributed by atoms with Crippen molar-refractivity contribution in [3.05, 3.63) is 95.6 Å². The van der Waals surface area contributed by atoms with Gasteiger partial charge in [0, 0.05) is 12.3 Å². The van der Waals surface area contributed by atoms with Crippen LogP contribution in [-0.2, 0) is 25.5 Å². The number of carbonyl (C=O) groups excluding carboxylic acids is 3. The Labute approximate surface area is 228 Å². The zero-order chi connectivity index (χ0) is 27.8. The second-order valence-electron chi connectivity index (χ2n) is 10.4. The largest absolute Gasteiger partial charge is 0.449 e. The lowest BCUT2D eigenvalue weighted by atomic mass is 9.98. The van der Waals surface area contributed by atoms with E-state index in [2.05, 4.69) is 27.8 Å². The van der Waals surface area contributed by atoms with Crippen molar-refractivity contribution in [1.82, 2.24) is 10.6 Å². The van der Waals surface area contributed by atoms with Gasteiger partial charge in [-0.05, 0) is 48.6 Å². The molecule has 2 N–H and O–H groups in total. The number of ether oxygens (including phenoxy) is 2. The highest BCUT2D eigenvalue weighted by atomic mass is 16.5. The average molecular weight is 528 g/mol. The van der Waals surface area contributed by atoms with E-state index in [4.69, 9.17) is 9.47 Å². The molecule has 0 saturated carbocycles. The summed E-state index contributed by atoms with van der Waals surface area (Å²) in [4.78, 5) is 40.9. The summed E-state index contributed by atoms with van der Waals surface area (Å²) in [6, 6.07) is 24.4. The van der Waals surface area contributed by atoms with E-state index in [-0.39, 0.29) is 19.1 Å². The Morgan fingerprint density at radius 2 is 1.49 bits per heavy atom. The zero-order valence-electron chi connectivity index (χ0n) is 22.3. The maximum atomic E-state index is 13.2. The molecule has 0 aromatic heterocycles. The minimum Gasteiger partial charge on any atom is -0.449 e. The summed E-state index contributed by atoms with van der Waals surface area (Å²) in [5.74, 6) is -0.661. The Kier molecular flexibility index (Phi) is 8.92. The molecule has 0 radical (unpaired) electrons. The van der Waals surface area contributed by atoms with Gasteiger partial charge < -0.3 is 20.1 Å². The summed E-state index contributed by atoms with van der Waals surface area (Å²) in [5, 5.41) is 5.35. The van der Waals surface area contributed by atoms with Crippen LogP contribution in [0.25, 0.3) is 11.1 Å². The molecule has 0 heterocycles. The van der Waals surface area contributed by atoms with Gasteiger partial charge in [0.1, 0.15) is 18.8 Å². The molecule has 3 aromatic carbocycles. The van der Waals surface area contributed by atoms with Crippen LogP contribution in [0.3, 0.4) is 0 Å². The molecular formula is C31H33N3O5. The number of benzene rings is 3. The Morgan fingerprint density at radius 1 is 0.897 bits per heavy atom. The molecule has 2 amide bonds. The predicted octanol–water partition coefficient (Wildman–Crippen LogP) is 4.73. The van der Waals surface area contributed by atoms with E-state index in [1.54, 1.807) is 0 Å². The fraction of sp³-hybridized carbons (Fsp3) is 0.323. The van der Waals surface area contributed by atoms with Crippen LogP contribution in [0, 0.1) is 0 Å². The van der Waals surface area contributed by atoms with Crippen LogP contribution in [0.4, 0.5) is 4.79 Å². The van der Waals surface area contributed by atoms with Crippen LogP contribution in [0.5, 0.6) is 0 Å². The summed E-state index contributed by atoms with van der Waals surface area (Å²) < 4.78 is 11.4. The first-order valence-electron chi connectivity index (χ1n) is 12.9. The number of rotatable bonds is 10. The SMILES string of the molecule is CC(C)(C)OC[C@H](NC(=O)OCC1c2ccccc2-c2ccccc21)C(=O)N[C@@H](Cc1ccccc1)N=C=O. The summed E-state index contributed by atoms with van der Waals surface area (Å²) >= 11 is 0. The van der Waals surface area contributed by atoms with Crippen molar-refractivity contribution in [2.45, 2.75) is 50.9 Å². The number of isocyanates is 1. The van der Waals surface area contributed by atoms with Crippen LogP contribution in [0.2, 0.25) is 0 Å². The van der Waals surface area contributed by atoms with Gasteiger partial charge >= 0.3 is 6.09 Å². The van der Waals surface area contributed by atoms with Gasteiger partial charge in [-0.1, -0.05) is 78.9 Å². The Bertz CT molecular complexity index is 1300. The molecule has 2 atom stereocenters. The number of hydrogen-bond acceptors (Lipinski definition) is 6. The van der Waals surface area contributed by atoms with E-state index in [9.17, 15) is 14.4 Å². The van der Waals surface area contributed by atoms with Crippen LogP contribution in [-0.4, -0.2) is 49.1 Å². The van der Waals surface area contributed by atoms with Crippen molar-refractivity contribution in [3.63, 3.8) is 0 Å². The van der Waals surface area contributed by atoms with E-state index < -0.39 is 29.8 Å². The summed E-state index contributed by atoms with van der Waals surface area (Å²) in [7, 11) is 0. The van der Waals surface area contributed by atoms with Gasteiger partial charge in [0.05, 0.1) is 12.2 Å². The second kappa shape index (κ2) is 12.5. The Hall–Kier alpha value is -4.26. The first-order valence-corrected chi connectivity index (χ1v) is 12.9. The molecule has 0 unspecified atom stereocenters. The molecule has 0 saturated heterocycles. The third kappa shape index (κ3) is 7.41. The molecule has 0 bridgehead atoms. The van der Waals surface area contributed by atoms with Crippen LogP contribution in [0.1, 0.15) is 43.4 Å². The second-order valence-corrected chi connectivity index (χ2v) is 10.4. The highest BCUT2D eigenvalue weighted by molar-refractivity contribution is 5.86. The van der Waals surface area contributed by atoms with E-state index in [0.29, 0.717) is 6.42 Å². The maximum absolute atomic E-state index is 13.2. The lowest BCUT2D eigenvalue weighted by molar-refractivity contribution is -0.126. The van der Waals surface area contributed by atoms with Gasteiger partial charge in [-0.3, -0.25) is 4.79 Å². The lowest BCUT2D eigenvalue weighted by Crippen LogP contribution is -2.52. The van der Waals surface area contributed by atoms with Gasteiger partial charge in [-0.2, -0.15) is 4.99 Å². The minimum atomic E-state index is -1.07. The number of aliphatic imine (C=N–C) groups is 1. The zero-order valence-corrected chi connectivity index (χ0v) is 22.3. The molecule has 39 heavy (non-hydrogen) atoms. The van der Waals surface area contributed by atoms with E-state index in [1.807, 2.05) is 87.5 Å². The van der Waals surface area contributed by atoms with Crippen molar-refractivity contribution in [2.75, 3.05) is 13.2 Å². The van der Waals surface area contributed by atoms with Gasteiger partial charge in [0.2, 0.25) is 12.0 Å². The number of fused-ring (bicyclic) bond motifs is 3. The highest BCUT2D eigenvalue weighted by Crippen LogP contribution is 2.44. The molecule has 8 heteroatoms. The Morgan fingerprint density at radius 3 is 2.08 bits per heavy atom. The number of amides is 2. The van der Waals surface area contributed by atoms with Crippen LogP contribution < -0.4 is 10.6 Å². The first kappa shape index (κ1) is 27.8. The van der Waals surface area contributed by atoms with Crippen molar-refractivity contribution < 1.29 is 23.9 Å². The number of hydrogen-bond donors (Lipinski definition) is 2. The van der Waals surface area contributed by atoms with Crippen molar-refractivity contribution in [3.8, 4) is 11.1 Å². The predicted molar refractivity (Wildman–Crippen MR) is 148 cm³/mol. The normalized spacial score (nSPS) is 13.8. The molecule has 1 aliphatic carbocycles. The maximum Gasteiger partial charge on any atom is 0.407 e. The van der Waals surface area contributed by atoms with Crippen molar-refractivity contribution in [2.24, 2.45) is 4.99 Å². The number of carbonyl (C=O) groups is 2. The number of nitrogens with zero attached hydrogens (tertiary/aromatic N) is 1. The Balaban J connectivity index is 1.43. The minimum absolute atomic E-state index is 0.0949. The van der Waals surface area contributed by atoms with Gasteiger partial charge in [-0.25, -0.2) is 9.59 Å². The summed E-state index contributed by atoms with van der Waals surface area (Å²) in [6.07, 6.45) is 0.215. The number of nitrogens with one attached hydrogen (secondary N) is 2. The van der Waals surface area contributed by atoms with Gasteiger partial charge in [0.15, 0.2) is 0 Å². The van der Waals surface area contributed by atoms with Crippen molar-refractivity contribution >= 4 is 18.1 Å². The third-order valence-corrected chi connectivity index (χ3v) is 6.42. The summed E-state index contributed by atoms with van der Waals surface area (Å²) in [5.41, 5.74) is 4.76. The van der Waals surface area contributed by atoms with Crippen LogP contribution in [0.15, 0.2) is 83.9 Å². The molecule has 8 nitrogen and oxygen atoms in total. The van der Waals surface area contributed by atoms with E-state index in [0.717, 1.165) is 27.8 Å². The third-order valence-electron chi connectivity index (χ3n) is 6.42. The molecule has 3 aromatic rings. The van der Waals surface area contributed by atoms with E-state index >= 15 is 0 Å². The molecule has 0 spiro atoms. The first-order chi connectivity index (χ1) is 18.7. The molecule has 0 fully saturated rings. The van der Waals surface area contributed by atoms with Gasteiger partial charge in [0.25, 0.3) is 0 Å². The standard InChI is InChI=1S/C31H33N3O5/c1-31(2,3)39-19-27(29(36)34-28(32-20-35)17-21-11-5-4-6-12-21)33-30(37)38-18-26-24-15-9-7-13-22(24)23-14-8-10-16-25(23)26/h4-16,26-28H,17-19H2,1-3H3,(H,33,37)(H,34,36)/t27-,28-/m0/s1. The van der Waals surface area contributed by atoms with E-state index in [1.165, 1.54) is 6.08 Å².